The Morgan fingerprint density at radius 2 is 1.71 bits per heavy atom. The summed E-state index contributed by atoms with van der Waals surface area (Å²) in [5.41, 5.74) is 4.57. The number of para-hydroxylation sites is 1. The number of halogens is 1. The summed E-state index contributed by atoms with van der Waals surface area (Å²) < 4.78 is 39.0. The SMILES string of the molecule is CC[C@@]12C=C(C(=O)OCCOC(=O)c3ccc(Cl)cc3)n3c4c(c5ccccc53)CCN(CCC1)[C@@H]42.CS(=O)(=O)O. The molecule has 1 aromatic heterocycles. The Morgan fingerprint density at radius 1 is 1.05 bits per heavy atom. The van der Waals surface area contributed by atoms with Crippen LogP contribution in [0.2, 0.25) is 5.02 Å². The molecular weight excluding hydrogens is 568 g/mol. The molecule has 1 N–H and O–H groups in total. The van der Waals surface area contributed by atoms with Gasteiger partial charge in [0.25, 0.3) is 10.1 Å². The fraction of sp³-hybridized carbons (Fsp3) is 0.400. The lowest BCUT2D eigenvalue weighted by atomic mass is 9.66. The topological polar surface area (TPSA) is 115 Å². The van der Waals surface area contributed by atoms with Crippen molar-refractivity contribution in [3.63, 3.8) is 0 Å². The summed E-state index contributed by atoms with van der Waals surface area (Å²) >= 11 is 5.88. The van der Waals surface area contributed by atoms with Crippen molar-refractivity contribution in [2.45, 2.75) is 38.6 Å². The number of carbonyl (C=O) groups is 2. The Balaban J connectivity index is 0.000000623. The summed E-state index contributed by atoms with van der Waals surface area (Å²) in [5, 5.41) is 1.77. The van der Waals surface area contributed by atoms with Gasteiger partial charge in [-0.3, -0.25) is 9.45 Å². The molecule has 3 aromatic rings. The van der Waals surface area contributed by atoms with Crippen molar-refractivity contribution >= 4 is 50.3 Å². The number of carbonyl (C=O) groups excluding carboxylic acids is 2. The van der Waals surface area contributed by atoms with E-state index in [4.69, 9.17) is 25.6 Å². The number of hydrogen-bond acceptors (Lipinski definition) is 7. The number of nitrogens with zero attached hydrogens (tertiary/aromatic N) is 2. The van der Waals surface area contributed by atoms with E-state index in [-0.39, 0.29) is 30.6 Å². The first-order valence-corrected chi connectivity index (χ1v) is 15.9. The van der Waals surface area contributed by atoms with Gasteiger partial charge in [-0.05, 0) is 74.2 Å². The number of fused-ring (bicyclic) bond motifs is 3. The number of aromatic nitrogens is 1. The van der Waals surface area contributed by atoms with E-state index in [1.807, 2.05) is 6.07 Å². The Kier molecular flexibility index (Phi) is 8.29. The molecule has 3 aliphatic heterocycles. The quantitative estimate of drug-likeness (QED) is 0.235. The van der Waals surface area contributed by atoms with Gasteiger partial charge in [-0.2, -0.15) is 8.42 Å². The second-order valence-corrected chi connectivity index (χ2v) is 12.5. The Morgan fingerprint density at radius 3 is 2.39 bits per heavy atom. The molecule has 2 aromatic carbocycles. The molecule has 1 saturated heterocycles. The zero-order valence-corrected chi connectivity index (χ0v) is 24.6. The monoisotopic (exact) mass is 600 g/mol. The second kappa shape index (κ2) is 11.6. The minimum Gasteiger partial charge on any atom is -0.458 e. The molecule has 9 nitrogen and oxygen atoms in total. The molecule has 0 saturated carbocycles. The highest BCUT2D eigenvalue weighted by atomic mass is 35.5. The largest absolute Gasteiger partial charge is 0.458 e. The van der Waals surface area contributed by atoms with Crippen LogP contribution in [0.3, 0.4) is 0 Å². The third-order valence-corrected chi connectivity index (χ3v) is 8.34. The summed E-state index contributed by atoms with van der Waals surface area (Å²) in [5.74, 6) is -0.852. The van der Waals surface area contributed by atoms with E-state index in [0.717, 1.165) is 44.3 Å². The van der Waals surface area contributed by atoms with E-state index in [1.54, 1.807) is 24.3 Å². The van der Waals surface area contributed by atoms with E-state index in [0.29, 0.717) is 22.5 Å². The summed E-state index contributed by atoms with van der Waals surface area (Å²) in [7, 11) is -3.67. The highest BCUT2D eigenvalue weighted by molar-refractivity contribution is 7.85. The van der Waals surface area contributed by atoms with Gasteiger partial charge in [-0.1, -0.05) is 36.7 Å². The van der Waals surface area contributed by atoms with E-state index in [2.05, 4.69) is 40.7 Å². The van der Waals surface area contributed by atoms with Crippen LogP contribution in [0, 0.1) is 5.41 Å². The number of benzene rings is 2. The lowest BCUT2D eigenvalue weighted by Gasteiger charge is -2.53. The van der Waals surface area contributed by atoms with Gasteiger partial charge in [0.05, 0.1) is 23.4 Å². The Bertz CT molecular complexity index is 1610. The number of rotatable bonds is 6. The standard InChI is InChI=1S/C29H29ClN2O4.CH4O3S/c1-2-29-13-5-14-31-15-12-22-21-6-3-4-7-23(21)32(25(22)26(29)31)24(18-29)28(34)36-17-16-35-27(33)19-8-10-20(30)11-9-19;1-5(2,3)4/h3-4,6-11,18,26H,2,5,12-17H2,1H3;1H3,(H,2,3,4)/t26-,29-;/m0./s1. The van der Waals surface area contributed by atoms with Crippen molar-refractivity contribution in [1.29, 1.82) is 0 Å². The predicted molar refractivity (Wildman–Crippen MR) is 156 cm³/mol. The van der Waals surface area contributed by atoms with E-state index < -0.39 is 16.1 Å². The van der Waals surface area contributed by atoms with Crippen LogP contribution in [0.5, 0.6) is 0 Å². The third kappa shape index (κ3) is 5.92. The number of ether oxygens (including phenoxy) is 2. The minimum absolute atomic E-state index is 0.00836. The molecule has 0 spiro atoms. The molecule has 41 heavy (non-hydrogen) atoms. The molecule has 4 heterocycles. The fourth-order valence-electron chi connectivity index (χ4n) is 6.44. The number of piperidine rings is 1. The van der Waals surface area contributed by atoms with Gasteiger partial charge in [0.15, 0.2) is 0 Å². The van der Waals surface area contributed by atoms with E-state index in [9.17, 15) is 18.0 Å². The molecule has 1 fully saturated rings. The summed E-state index contributed by atoms with van der Waals surface area (Å²) in [6.07, 6.45) is 7.03. The molecule has 0 radical (unpaired) electrons. The van der Waals surface area contributed by atoms with Crippen LogP contribution < -0.4 is 0 Å². The highest BCUT2D eigenvalue weighted by Gasteiger charge is 2.51. The molecule has 0 bridgehead atoms. The first-order chi connectivity index (χ1) is 19.5. The van der Waals surface area contributed by atoms with Gasteiger partial charge < -0.3 is 14.0 Å². The van der Waals surface area contributed by atoms with Gasteiger partial charge in [-0.25, -0.2) is 9.59 Å². The molecule has 3 aliphatic rings. The van der Waals surface area contributed by atoms with Crippen LogP contribution in [-0.4, -0.2) is 66.9 Å². The van der Waals surface area contributed by atoms with Crippen LogP contribution in [0.1, 0.15) is 53.8 Å². The van der Waals surface area contributed by atoms with Crippen LogP contribution in [0.4, 0.5) is 0 Å². The maximum absolute atomic E-state index is 13.5. The second-order valence-electron chi connectivity index (χ2n) is 10.6. The fourth-order valence-corrected chi connectivity index (χ4v) is 6.57. The zero-order chi connectivity index (χ0) is 29.4. The van der Waals surface area contributed by atoms with Crippen molar-refractivity contribution in [1.82, 2.24) is 9.47 Å². The number of hydrogen-bond donors (Lipinski definition) is 1. The molecule has 2 atom stereocenters. The lowest BCUT2D eigenvalue weighted by Crippen LogP contribution is -2.51. The maximum Gasteiger partial charge on any atom is 0.355 e. The molecule has 218 valence electrons. The summed E-state index contributed by atoms with van der Waals surface area (Å²) in [4.78, 5) is 28.4. The molecule has 6 rings (SSSR count). The van der Waals surface area contributed by atoms with Crippen molar-refractivity contribution in [3.05, 3.63) is 76.5 Å². The predicted octanol–water partition coefficient (Wildman–Crippen LogP) is 5.14. The van der Waals surface area contributed by atoms with Crippen LogP contribution >= 0.6 is 11.6 Å². The van der Waals surface area contributed by atoms with Crippen molar-refractivity contribution in [2.24, 2.45) is 5.41 Å². The average molecular weight is 601 g/mol. The smallest absolute Gasteiger partial charge is 0.355 e. The van der Waals surface area contributed by atoms with Gasteiger partial charge in [0.2, 0.25) is 0 Å². The molecule has 11 heteroatoms. The third-order valence-electron chi connectivity index (χ3n) is 8.09. The first-order valence-electron chi connectivity index (χ1n) is 13.6. The van der Waals surface area contributed by atoms with Crippen LogP contribution in [0.25, 0.3) is 16.6 Å². The van der Waals surface area contributed by atoms with Gasteiger partial charge >= 0.3 is 11.9 Å². The lowest BCUT2D eigenvalue weighted by molar-refractivity contribution is -0.138. The van der Waals surface area contributed by atoms with Gasteiger partial charge in [0, 0.05) is 28.1 Å². The van der Waals surface area contributed by atoms with E-state index >= 15 is 0 Å². The van der Waals surface area contributed by atoms with Crippen LogP contribution in [-0.2, 0) is 30.8 Å². The summed E-state index contributed by atoms with van der Waals surface area (Å²) in [6.45, 7) is 4.36. The normalized spacial score (nSPS) is 21.3. The van der Waals surface area contributed by atoms with Crippen molar-refractivity contribution < 1.29 is 32.0 Å². The zero-order valence-electron chi connectivity index (χ0n) is 23.0. The van der Waals surface area contributed by atoms with Crippen molar-refractivity contribution in [2.75, 3.05) is 32.6 Å². The summed E-state index contributed by atoms with van der Waals surface area (Å²) in [6, 6.07) is 15.1. The molecule has 0 aliphatic carbocycles. The van der Waals surface area contributed by atoms with Gasteiger partial charge in [0.1, 0.15) is 18.9 Å². The first kappa shape index (κ1) is 29.3. The molecule has 0 amide bonds. The van der Waals surface area contributed by atoms with Gasteiger partial charge in [-0.15, -0.1) is 0 Å². The number of esters is 2. The van der Waals surface area contributed by atoms with Crippen LogP contribution in [0.15, 0.2) is 54.6 Å². The molecule has 0 unspecified atom stereocenters. The average Bonchev–Trinajstić information content (AvgIpc) is 3.28. The minimum atomic E-state index is -3.67. The van der Waals surface area contributed by atoms with E-state index in [1.165, 1.54) is 16.6 Å². The molecular formula is C30H33ClN2O7S. The highest BCUT2D eigenvalue weighted by Crippen LogP contribution is 2.57. The van der Waals surface area contributed by atoms with Crippen molar-refractivity contribution in [3.8, 4) is 0 Å². The Labute approximate surface area is 244 Å². The maximum atomic E-state index is 13.5. The Hall–Kier alpha value is -3.18.